The van der Waals surface area contributed by atoms with Crippen molar-refractivity contribution < 1.29 is 34.8 Å². The number of carbonyl (C=O) groups excluding carboxylic acids is 2. The predicted octanol–water partition coefficient (Wildman–Crippen LogP) is 0.0668. The number of aliphatic hydroxyl groups excluding tert-OH is 2. The third kappa shape index (κ3) is 1.53. The van der Waals surface area contributed by atoms with E-state index in [0.717, 1.165) is 0 Å². The Morgan fingerprint density at radius 2 is 1.81 bits per heavy atom. The second-order valence-electron chi connectivity index (χ2n) is 10.3. The fraction of sp³-hybridized carbons (Fsp3) is 0.900. The Hall–Kier alpha value is -1.02. The van der Waals surface area contributed by atoms with Crippen LogP contribution in [0.2, 0.25) is 0 Å². The van der Waals surface area contributed by atoms with Gasteiger partial charge in [-0.25, -0.2) is 0 Å². The van der Waals surface area contributed by atoms with E-state index in [9.17, 15) is 30.0 Å². The number of ketones is 1. The van der Waals surface area contributed by atoms with Gasteiger partial charge in [-0.2, -0.15) is 0 Å². The maximum absolute atomic E-state index is 13.5. The number of carbonyl (C=O) groups is 2. The molecule has 7 nitrogen and oxygen atoms in total. The van der Waals surface area contributed by atoms with Crippen LogP contribution in [0.5, 0.6) is 0 Å². The van der Waals surface area contributed by atoms with Crippen molar-refractivity contribution in [2.24, 2.45) is 22.2 Å². The van der Waals surface area contributed by atoms with Crippen molar-refractivity contribution in [2.75, 3.05) is 6.61 Å². The first kappa shape index (κ1) is 18.0. The summed E-state index contributed by atoms with van der Waals surface area (Å²) in [6.07, 6.45) is 1.55. The van der Waals surface area contributed by atoms with Crippen LogP contribution < -0.4 is 0 Å². The zero-order valence-corrected chi connectivity index (χ0v) is 15.8. The van der Waals surface area contributed by atoms with Gasteiger partial charge in [-0.3, -0.25) is 9.59 Å². The van der Waals surface area contributed by atoms with Crippen molar-refractivity contribution in [1.82, 2.24) is 0 Å². The zero-order chi connectivity index (χ0) is 19.7. The van der Waals surface area contributed by atoms with Gasteiger partial charge in [-0.15, -0.1) is 0 Å². The summed E-state index contributed by atoms with van der Waals surface area (Å²) in [4.78, 5) is 26.4. The topological polar surface area (TPSA) is 124 Å². The fourth-order valence-electron chi connectivity index (χ4n) is 8.08. The van der Waals surface area contributed by atoms with E-state index < -0.39 is 51.5 Å². The molecule has 8 atom stereocenters. The number of hydrogen-bond acceptors (Lipinski definition) is 7. The van der Waals surface area contributed by atoms with Crippen molar-refractivity contribution >= 4 is 11.8 Å². The molecule has 5 rings (SSSR count). The Morgan fingerprint density at radius 1 is 1.11 bits per heavy atom. The maximum atomic E-state index is 13.5. The molecule has 0 aromatic rings. The molecule has 0 unspecified atom stereocenters. The lowest BCUT2D eigenvalue weighted by molar-refractivity contribution is -0.242. The van der Waals surface area contributed by atoms with E-state index in [0.29, 0.717) is 25.7 Å². The van der Waals surface area contributed by atoms with Crippen molar-refractivity contribution in [2.45, 2.75) is 81.7 Å². The quantitative estimate of drug-likeness (QED) is 0.474. The molecule has 4 bridgehead atoms. The molecule has 7 heteroatoms. The molecule has 5 fully saturated rings. The Balaban J connectivity index is 1.72. The van der Waals surface area contributed by atoms with Gasteiger partial charge in [-0.1, -0.05) is 6.92 Å². The van der Waals surface area contributed by atoms with Gasteiger partial charge in [0.05, 0.1) is 18.1 Å². The number of ether oxygens (including phenoxy) is 1. The molecule has 0 amide bonds. The highest BCUT2D eigenvalue weighted by atomic mass is 16.6. The van der Waals surface area contributed by atoms with E-state index in [-0.39, 0.29) is 31.1 Å². The van der Waals surface area contributed by atoms with Crippen LogP contribution in [0.1, 0.15) is 58.8 Å². The molecule has 1 saturated heterocycles. The second kappa shape index (κ2) is 4.58. The third-order valence-electron chi connectivity index (χ3n) is 9.56. The number of hydrogen-bond donors (Lipinski definition) is 4. The van der Waals surface area contributed by atoms with E-state index in [1.807, 2.05) is 13.8 Å². The normalized spacial score (nSPS) is 61.4. The minimum Gasteiger partial charge on any atom is -0.458 e. The van der Waals surface area contributed by atoms with Crippen LogP contribution in [0.4, 0.5) is 0 Å². The van der Waals surface area contributed by atoms with Gasteiger partial charge in [0.2, 0.25) is 0 Å². The molecular formula is C20H28O7. The number of Topliss-reactive ketones (excluding diaryl/α,β-unsaturated/α-hetero) is 1. The lowest BCUT2D eigenvalue weighted by Gasteiger charge is -2.64. The van der Waals surface area contributed by atoms with Crippen LogP contribution in [-0.4, -0.2) is 61.7 Å². The molecule has 150 valence electrons. The summed E-state index contributed by atoms with van der Waals surface area (Å²) >= 11 is 0. The lowest BCUT2D eigenvalue weighted by atomic mass is 9.39. The summed E-state index contributed by atoms with van der Waals surface area (Å²) in [5, 5.41) is 42.4. The smallest absolute Gasteiger partial charge is 0.312 e. The first-order chi connectivity index (χ1) is 12.4. The van der Waals surface area contributed by atoms with Gasteiger partial charge in [0.1, 0.15) is 11.2 Å². The van der Waals surface area contributed by atoms with Crippen molar-refractivity contribution in [3.8, 4) is 0 Å². The van der Waals surface area contributed by atoms with E-state index in [4.69, 9.17) is 4.74 Å². The Morgan fingerprint density at radius 3 is 2.48 bits per heavy atom. The number of fused-ring (bicyclic) bond motifs is 1. The summed E-state index contributed by atoms with van der Waals surface area (Å²) in [5.41, 5.74) is -7.48. The summed E-state index contributed by atoms with van der Waals surface area (Å²) in [6, 6.07) is 0. The minimum atomic E-state index is -2.19. The molecule has 4 saturated carbocycles. The van der Waals surface area contributed by atoms with Crippen LogP contribution in [0, 0.1) is 22.2 Å². The van der Waals surface area contributed by atoms with E-state index in [2.05, 4.69) is 0 Å². The van der Waals surface area contributed by atoms with E-state index >= 15 is 0 Å². The molecular weight excluding hydrogens is 352 g/mol. The average molecular weight is 380 g/mol. The van der Waals surface area contributed by atoms with Gasteiger partial charge >= 0.3 is 5.97 Å². The predicted molar refractivity (Wildman–Crippen MR) is 91.3 cm³/mol. The highest BCUT2D eigenvalue weighted by molar-refractivity contribution is 5.98. The molecule has 1 spiro atoms. The van der Waals surface area contributed by atoms with Gasteiger partial charge in [-0.05, 0) is 45.4 Å². The SMILES string of the molecule is C[C@]12CC[C@]3(O)C[C@@]1(CC[C@@H]1[C@@]4(C)C[C@H](O)C[C@]12OC4=O)C(=O)[C@]3(O)CO. The molecule has 4 aliphatic carbocycles. The third-order valence-corrected chi connectivity index (χ3v) is 9.56. The highest BCUT2D eigenvalue weighted by Gasteiger charge is 2.85. The number of rotatable bonds is 1. The minimum absolute atomic E-state index is 0.0607. The van der Waals surface area contributed by atoms with Gasteiger partial charge in [0.15, 0.2) is 11.4 Å². The lowest BCUT2D eigenvalue weighted by Crippen LogP contribution is -2.68. The van der Waals surface area contributed by atoms with Gasteiger partial charge < -0.3 is 25.2 Å². The van der Waals surface area contributed by atoms with Crippen LogP contribution in [-0.2, 0) is 14.3 Å². The monoisotopic (exact) mass is 380 g/mol. The van der Waals surface area contributed by atoms with Gasteiger partial charge in [0.25, 0.3) is 0 Å². The number of esters is 1. The van der Waals surface area contributed by atoms with Crippen LogP contribution in [0.3, 0.4) is 0 Å². The Kier molecular flexibility index (Phi) is 3.06. The first-order valence-corrected chi connectivity index (χ1v) is 9.97. The van der Waals surface area contributed by atoms with Crippen molar-refractivity contribution in [1.29, 1.82) is 0 Å². The van der Waals surface area contributed by atoms with E-state index in [1.54, 1.807) is 0 Å². The summed E-state index contributed by atoms with van der Waals surface area (Å²) in [5.74, 6) is -0.943. The maximum Gasteiger partial charge on any atom is 0.312 e. The van der Waals surface area contributed by atoms with Crippen LogP contribution in [0.15, 0.2) is 0 Å². The summed E-state index contributed by atoms with van der Waals surface area (Å²) in [7, 11) is 0. The number of aliphatic hydroxyl groups is 4. The molecule has 0 aromatic carbocycles. The first-order valence-electron chi connectivity index (χ1n) is 9.97. The summed E-state index contributed by atoms with van der Waals surface area (Å²) in [6.45, 7) is 2.96. The Bertz CT molecular complexity index is 767. The molecule has 27 heavy (non-hydrogen) atoms. The molecule has 0 aromatic heterocycles. The largest absolute Gasteiger partial charge is 0.458 e. The highest BCUT2D eigenvalue weighted by Crippen LogP contribution is 2.77. The standard InChI is InChI=1S/C20H28O7/c1-15-7-11(22)8-20(27-14(15)24)12(15)3-4-17-9-18(25,6-5-16(17,20)2)19(26,10-21)13(17)23/h11-12,21-22,25-26H,3-10H2,1-2H3/t11-,12+,15+,16-,17-,18-,19+,20-/m0/s1. The molecule has 1 aliphatic heterocycles. The molecule has 1 heterocycles. The molecule has 5 aliphatic rings. The van der Waals surface area contributed by atoms with E-state index in [1.165, 1.54) is 0 Å². The molecule has 4 N–H and O–H groups in total. The zero-order valence-electron chi connectivity index (χ0n) is 15.8. The summed E-state index contributed by atoms with van der Waals surface area (Å²) < 4.78 is 6.07. The van der Waals surface area contributed by atoms with Crippen molar-refractivity contribution in [3.63, 3.8) is 0 Å². The fourth-order valence-corrected chi connectivity index (χ4v) is 8.08. The average Bonchev–Trinajstić information content (AvgIpc) is 2.84. The second-order valence-corrected chi connectivity index (χ2v) is 10.3. The molecule has 0 radical (unpaired) electrons. The van der Waals surface area contributed by atoms with Crippen molar-refractivity contribution in [3.05, 3.63) is 0 Å². The van der Waals surface area contributed by atoms with Gasteiger partial charge in [0, 0.05) is 23.2 Å². The van der Waals surface area contributed by atoms with Crippen LogP contribution >= 0.6 is 0 Å². The Labute approximate surface area is 157 Å². The van der Waals surface area contributed by atoms with Crippen LogP contribution in [0.25, 0.3) is 0 Å².